The molecule has 0 saturated heterocycles. The smallest absolute Gasteiger partial charge is 0.251 e. The number of hydrogen-bond donors (Lipinski definition) is 2. The summed E-state index contributed by atoms with van der Waals surface area (Å²) in [6.45, 7) is 2.10. The van der Waals surface area contributed by atoms with Crippen LogP contribution in [0, 0.1) is 5.92 Å². The minimum absolute atomic E-state index is 0.0344. The van der Waals surface area contributed by atoms with Gasteiger partial charge in [0.2, 0.25) is 0 Å². The molecule has 0 aliphatic heterocycles. The molecule has 1 fully saturated rings. The van der Waals surface area contributed by atoms with Crippen molar-refractivity contribution in [2.45, 2.75) is 56.6 Å². The Morgan fingerprint density at radius 1 is 1.50 bits per heavy atom. The highest BCUT2D eigenvalue weighted by molar-refractivity contribution is 7.99. The average molecular weight is 295 g/mol. The van der Waals surface area contributed by atoms with Gasteiger partial charge in [0.15, 0.2) is 5.16 Å². The van der Waals surface area contributed by atoms with Crippen molar-refractivity contribution in [3.8, 4) is 0 Å². The van der Waals surface area contributed by atoms with Crippen molar-refractivity contribution in [2.24, 2.45) is 5.92 Å². The second-order valence-electron chi connectivity index (χ2n) is 5.54. The van der Waals surface area contributed by atoms with Gasteiger partial charge in [0.05, 0.1) is 0 Å². The monoisotopic (exact) mass is 295 g/mol. The van der Waals surface area contributed by atoms with Crippen LogP contribution in [0.4, 0.5) is 0 Å². The van der Waals surface area contributed by atoms with Gasteiger partial charge < -0.3 is 10.3 Å². The molecule has 0 amide bonds. The third-order valence-corrected chi connectivity index (χ3v) is 5.01. The summed E-state index contributed by atoms with van der Waals surface area (Å²) in [4.78, 5) is 19.0. The van der Waals surface area contributed by atoms with Crippen LogP contribution in [0.1, 0.15) is 44.7 Å². The lowest BCUT2D eigenvalue weighted by Crippen LogP contribution is -2.34. The van der Waals surface area contributed by atoms with E-state index < -0.39 is 0 Å². The molecule has 1 aromatic heterocycles. The minimum Gasteiger partial charge on any atom is -0.316 e. The van der Waals surface area contributed by atoms with Crippen molar-refractivity contribution in [1.82, 2.24) is 15.3 Å². The maximum Gasteiger partial charge on any atom is 0.251 e. The number of nitrogens with one attached hydrogen (secondary N) is 2. The fourth-order valence-electron chi connectivity index (χ4n) is 2.92. The molecule has 1 heterocycles. The van der Waals surface area contributed by atoms with Gasteiger partial charge in [-0.1, -0.05) is 37.9 Å². The highest BCUT2D eigenvalue weighted by Gasteiger charge is 2.23. The lowest BCUT2D eigenvalue weighted by Gasteiger charge is -2.22. The van der Waals surface area contributed by atoms with Gasteiger partial charge in [-0.25, -0.2) is 4.98 Å². The fourth-order valence-corrected chi connectivity index (χ4v) is 4.05. The van der Waals surface area contributed by atoms with E-state index in [1.54, 1.807) is 17.8 Å². The molecule has 0 aromatic carbocycles. The minimum atomic E-state index is -0.0344. The van der Waals surface area contributed by atoms with Crippen LogP contribution in [0.5, 0.6) is 0 Å². The molecule has 1 aliphatic rings. The first-order chi connectivity index (χ1) is 9.72. The number of aryl methyl sites for hydroxylation is 1. The van der Waals surface area contributed by atoms with Gasteiger partial charge in [0, 0.05) is 23.6 Å². The number of aromatic amines is 1. The molecule has 1 aromatic rings. The Hall–Kier alpha value is -0.810. The van der Waals surface area contributed by atoms with Crippen molar-refractivity contribution in [3.63, 3.8) is 0 Å². The normalized spacial score (nSPS) is 17.5. The Balaban J connectivity index is 1.96. The quantitative estimate of drug-likeness (QED) is 0.599. The first kappa shape index (κ1) is 15.6. The fraction of sp³-hybridized carbons (Fsp3) is 0.733. The third-order valence-electron chi connectivity index (χ3n) is 4.02. The Kier molecular flexibility index (Phi) is 6.10. The molecule has 4 nitrogen and oxygen atoms in total. The molecule has 112 valence electrons. The van der Waals surface area contributed by atoms with Crippen LogP contribution in [0.15, 0.2) is 16.0 Å². The first-order valence-electron chi connectivity index (χ1n) is 7.63. The topological polar surface area (TPSA) is 57.8 Å². The van der Waals surface area contributed by atoms with E-state index in [0.717, 1.165) is 35.4 Å². The van der Waals surface area contributed by atoms with Gasteiger partial charge >= 0.3 is 0 Å². The molecule has 5 heteroatoms. The van der Waals surface area contributed by atoms with Crippen molar-refractivity contribution < 1.29 is 0 Å². The zero-order valence-corrected chi connectivity index (χ0v) is 13.3. The number of thioether (sulfide) groups is 1. The standard InChI is InChI=1S/C15H25N3OS/c1-3-6-12-9-14(19)18-15(17-12)20-10-13(16-2)11-7-4-5-8-11/h9,11,13,16H,3-8,10H2,1-2H3,(H,17,18,19). The van der Waals surface area contributed by atoms with Gasteiger partial charge in [-0.2, -0.15) is 0 Å². The highest BCUT2D eigenvalue weighted by Crippen LogP contribution is 2.29. The molecule has 0 radical (unpaired) electrons. The van der Waals surface area contributed by atoms with Crippen molar-refractivity contribution in [2.75, 3.05) is 12.8 Å². The summed E-state index contributed by atoms with van der Waals surface area (Å²) in [7, 11) is 2.03. The molecule has 20 heavy (non-hydrogen) atoms. The van der Waals surface area contributed by atoms with Gasteiger partial charge in [0.25, 0.3) is 5.56 Å². The molecule has 1 saturated carbocycles. The van der Waals surface area contributed by atoms with E-state index in [1.807, 2.05) is 7.05 Å². The summed E-state index contributed by atoms with van der Waals surface area (Å²) in [6.07, 6.45) is 7.25. The van der Waals surface area contributed by atoms with E-state index in [9.17, 15) is 4.79 Å². The lowest BCUT2D eigenvalue weighted by atomic mass is 10.0. The molecule has 2 rings (SSSR count). The number of aromatic nitrogens is 2. The largest absolute Gasteiger partial charge is 0.316 e. The second kappa shape index (κ2) is 7.84. The SMILES string of the molecule is CCCc1cc(=O)[nH]c(SCC(NC)C2CCCC2)n1. The van der Waals surface area contributed by atoms with E-state index in [1.165, 1.54) is 25.7 Å². The Labute approximate surface area is 125 Å². The second-order valence-corrected chi connectivity index (χ2v) is 6.55. The molecular weight excluding hydrogens is 270 g/mol. The predicted molar refractivity (Wildman–Crippen MR) is 84.4 cm³/mol. The van der Waals surface area contributed by atoms with Crippen LogP contribution in [-0.4, -0.2) is 28.8 Å². The molecule has 1 aliphatic carbocycles. The summed E-state index contributed by atoms with van der Waals surface area (Å²) in [5.41, 5.74) is 0.869. The van der Waals surface area contributed by atoms with Crippen LogP contribution in [-0.2, 0) is 6.42 Å². The van der Waals surface area contributed by atoms with Crippen LogP contribution < -0.4 is 10.9 Å². The van der Waals surface area contributed by atoms with E-state index in [2.05, 4.69) is 22.2 Å². The van der Waals surface area contributed by atoms with Crippen LogP contribution >= 0.6 is 11.8 Å². The summed E-state index contributed by atoms with van der Waals surface area (Å²) < 4.78 is 0. The molecular formula is C15H25N3OS. The summed E-state index contributed by atoms with van der Waals surface area (Å²) in [5.74, 6) is 1.75. The number of H-pyrrole nitrogens is 1. The Morgan fingerprint density at radius 3 is 2.90 bits per heavy atom. The average Bonchev–Trinajstić information content (AvgIpc) is 2.93. The maximum absolute atomic E-state index is 11.6. The molecule has 1 atom stereocenters. The highest BCUT2D eigenvalue weighted by atomic mass is 32.2. The number of rotatable bonds is 7. The van der Waals surface area contributed by atoms with E-state index in [0.29, 0.717) is 6.04 Å². The third kappa shape index (κ3) is 4.35. The van der Waals surface area contributed by atoms with E-state index in [4.69, 9.17) is 0 Å². The lowest BCUT2D eigenvalue weighted by molar-refractivity contribution is 0.410. The summed E-state index contributed by atoms with van der Waals surface area (Å²) >= 11 is 1.66. The van der Waals surface area contributed by atoms with E-state index >= 15 is 0 Å². The summed E-state index contributed by atoms with van der Waals surface area (Å²) in [6, 6.07) is 2.13. The predicted octanol–water partition coefficient (Wildman–Crippen LogP) is 2.59. The van der Waals surface area contributed by atoms with Crippen LogP contribution in [0.25, 0.3) is 0 Å². The van der Waals surface area contributed by atoms with Crippen LogP contribution in [0.2, 0.25) is 0 Å². The molecule has 0 spiro atoms. The van der Waals surface area contributed by atoms with Gasteiger partial charge in [-0.15, -0.1) is 0 Å². The van der Waals surface area contributed by atoms with Crippen molar-refractivity contribution in [3.05, 3.63) is 22.1 Å². The Morgan fingerprint density at radius 2 is 2.25 bits per heavy atom. The summed E-state index contributed by atoms with van der Waals surface area (Å²) in [5, 5.41) is 4.19. The van der Waals surface area contributed by atoms with Gasteiger partial charge in [0.1, 0.15) is 0 Å². The maximum atomic E-state index is 11.6. The van der Waals surface area contributed by atoms with E-state index in [-0.39, 0.29) is 5.56 Å². The number of hydrogen-bond acceptors (Lipinski definition) is 4. The Bertz CT molecular complexity index is 468. The zero-order chi connectivity index (χ0) is 14.4. The van der Waals surface area contributed by atoms with Crippen molar-refractivity contribution in [1.29, 1.82) is 0 Å². The van der Waals surface area contributed by atoms with Crippen LogP contribution in [0.3, 0.4) is 0 Å². The first-order valence-corrected chi connectivity index (χ1v) is 8.61. The molecule has 0 bridgehead atoms. The van der Waals surface area contributed by atoms with Crippen molar-refractivity contribution >= 4 is 11.8 Å². The van der Waals surface area contributed by atoms with Gasteiger partial charge in [-0.05, 0) is 32.2 Å². The zero-order valence-electron chi connectivity index (χ0n) is 12.4. The number of nitrogens with zero attached hydrogens (tertiary/aromatic N) is 1. The molecule has 2 N–H and O–H groups in total. The van der Waals surface area contributed by atoms with Gasteiger partial charge in [-0.3, -0.25) is 4.79 Å². The molecule has 1 unspecified atom stereocenters.